The second-order valence-corrected chi connectivity index (χ2v) is 4.58. The summed E-state index contributed by atoms with van der Waals surface area (Å²) in [7, 11) is 0. The number of carbonyl (C=O) groups is 1. The van der Waals surface area contributed by atoms with Gasteiger partial charge in [-0.3, -0.25) is 4.79 Å². The van der Waals surface area contributed by atoms with Gasteiger partial charge in [0.25, 0.3) is 0 Å². The quantitative estimate of drug-likeness (QED) is 0.856. The molecule has 6 nitrogen and oxygen atoms in total. The van der Waals surface area contributed by atoms with Gasteiger partial charge >= 0.3 is 5.97 Å². The maximum Gasteiger partial charge on any atom is 0.314 e. The third kappa shape index (κ3) is 5.06. The highest BCUT2D eigenvalue weighted by Crippen LogP contribution is 2.23. The molecule has 1 N–H and O–H groups in total. The van der Waals surface area contributed by atoms with E-state index >= 15 is 0 Å². The van der Waals surface area contributed by atoms with Crippen LogP contribution < -0.4 is 4.74 Å². The normalized spacial score (nSPS) is 12.4. The van der Waals surface area contributed by atoms with Crippen molar-refractivity contribution in [1.82, 2.24) is 4.98 Å². The van der Waals surface area contributed by atoms with Crippen molar-refractivity contribution in [3.8, 4) is 5.75 Å². The Bertz CT molecular complexity index is 645. The number of ether oxygens (including phenoxy) is 1. The van der Waals surface area contributed by atoms with Gasteiger partial charge in [-0.15, -0.1) is 0 Å². The smallest absolute Gasteiger partial charge is 0.314 e. The Morgan fingerprint density at radius 3 is 2.50 bits per heavy atom. The molecule has 0 saturated carbocycles. The van der Waals surface area contributed by atoms with Gasteiger partial charge in [-0.25, -0.2) is 4.98 Å². The van der Waals surface area contributed by atoms with Gasteiger partial charge in [0, 0.05) is 6.20 Å². The standard InChI is InChI=1S/C14H12ClNO3.CHNO/c15-13-12(7-4-8-16-13)19-9-11(14(17)18)10-5-2-1-3-6-10;1-2-3-1/h1-8,11H,9H2,(H,17,18);1H. The number of carboxylic acids is 1. The third-order valence-corrected chi connectivity index (χ3v) is 3.02. The van der Waals surface area contributed by atoms with E-state index in [1.54, 1.807) is 42.6 Å². The van der Waals surface area contributed by atoms with Gasteiger partial charge in [-0.05, 0) is 22.9 Å². The van der Waals surface area contributed by atoms with Crippen molar-refractivity contribution in [2.45, 2.75) is 5.92 Å². The molecule has 0 spiro atoms. The lowest BCUT2D eigenvalue weighted by Crippen LogP contribution is -2.19. The maximum atomic E-state index is 11.3. The number of carboxylic acid groups (broad SMARTS) is 1. The van der Waals surface area contributed by atoms with Gasteiger partial charge in [0.1, 0.15) is 12.5 Å². The minimum atomic E-state index is -0.939. The van der Waals surface area contributed by atoms with Crippen LogP contribution in [0.1, 0.15) is 11.5 Å². The molecule has 0 saturated heterocycles. The summed E-state index contributed by atoms with van der Waals surface area (Å²) < 4.78 is 5.44. The van der Waals surface area contributed by atoms with Crippen LogP contribution in [-0.2, 0) is 9.63 Å². The minimum Gasteiger partial charge on any atom is -0.489 e. The highest BCUT2D eigenvalue weighted by atomic mass is 35.5. The number of pyridine rings is 1. The summed E-state index contributed by atoms with van der Waals surface area (Å²) in [5.74, 6) is -1.30. The Kier molecular flexibility index (Phi) is 5.73. The molecule has 1 atom stereocenters. The third-order valence-electron chi connectivity index (χ3n) is 2.74. The van der Waals surface area contributed by atoms with Crippen LogP contribution in [-0.4, -0.2) is 29.1 Å². The first-order chi connectivity index (χ1) is 10.7. The maximum absolute atomic E-state index is 11.3. The molecule has 1 unspecified atom stereocenters. The summed E-state index contributed by atoms with van der Waals surface area (Å²) in [6.45, 7) is 0.00472. The lowest BCUT2D eigenvalue weighted by molar-refractivity contribution is -0.139. The fraction of sp³-hybridized carbons (Fsp3) is 0.133. The fourth-order valence-electron chi connectivity index (χ4n) is 1.65. The van der Waals surface area contributed by atoms with Crippen molar-refractivity contribution >= 4 is 24.0 Å². The summed E-state index contributed by atoms with van der Waals surface area (Å²) in [6, 6.07) is 12.3. The van der Waals surface area contributed by atoms with E-state index in [1.807, 2.05) is 6.07 Å². The second-order valence-electron chi connectivity index (χ2n) is 4.22. The molecule has 22 heavy (non-hydrogen) atoms. The molecule has 2 heterocycles. The van der Waals surface area contributed by atoms with E-state index in [4.69, 9.17) is 16.3 Å². The van der Waals surface area contributed by atoms with Gasteiger partial charge in [-0.2, -0.15) is 0 Å². The zero-order chi connectivity index (χ0) is 15.8. The first-order valence-electron chi connectivity index (χ1n) is 6.37. The van der Waals surface area contributed by atoms with E-state index in [0.29, 0.717) is 11.3 Å². The van der Waals surface area contributed by atoms with E-state index < -0.39 is 11.9 Å². The van der Waals surface area contributed by atoms with Crippen molar-refractivity contribution < 1.29 is 19.5 Å². The summed E-state index contributed by atoms with van der Waals surface area (Å²) in [4.78, 5) is 19.1. The van der Waals surface area contributed by atoms with Gasteiger partial charge in [0.05, 0.1) is 0 Å². The molecule has 0 bridgehead atoms. The number of hydrogen-bond donors (Lipinski definition) is 1. The second kappa shape index (κ2) is 7.99. The van der Waals surface area contributed by atoms with E-state index in [0.717, 1.165) is 0 Å². The molecule has 3 rings (SSSR count). The topological polar surface area (TPSA) is 84.3 Å². The van der Waals surface area contributed by atoms with Gasteiger partial charge in [0.2, 0.25) is 6.40 Å². The predicted octanol–water partition coefficient (Wildman–Crippen LogP) is 2.94. The average molecular weight is 321 g/mol. The number of oxime groups is 1. The first kappa shape index (κ1) is 15.8. The lowest BCUT2D eigenvalue weighted by Gasteiger charge is -2.14. The molecule has 1 aromatic carbocycles. The van der Waals surface area contributed by atoms with Crippen LogP contribution in [0, 0.1) is 0 Å². The molecule has 1 aromatic heterocycles. The van der Waals surface area contributed by atoms with Crippen LogP contribution in [0.2, 0.25) is 5.15 Å². The summed E-state index contributed by atoms with van der Waals surface area (Å²) >= 11 is 5.85. The van der Waals surface area contributed by atoms with Crippen LogP contribution in [0.4, 0.5) is 0 Å². The Morgan fingerprint density at radius 1 is 1.27 bits per heavy atom. The number of aromatic nitrogens is 1. The summed E-state index contributed by atoms with van der Waals surface area (Å²) in [5, 5.41) is 12.6. The van der Waals surface area contributed by atoms with Crippen LogP contribution in [0.15, 0.2) is 53.8 Å². The molecular weight excluding hydrogens is 308 g/mol. The molecule has 0 radical (unpaired) electrons. The molecular formula is C15H13ClN2O4. The monoisotopic (exact) mass is 320 g/mol. The highest BCUT2D eigenvalue weighted by Gasteiger charge is 2.20. The zero-order valence-electron chi connectivity index (χ0n) is 11.4. The van der Waals surface area contributed by atoms with E-state index in [9.17, 15) is 9.90 Å². The van der Waals surface area contributed by atoms with E-state index in [2.05, 4.69) is 15.0 Å². The predicted molar refractivity (Wildman–Crippen MR) is 81.1 cm³/mol. The van der Waals surface area contributed by atoms with Crippen molar-refractivity contribution in [3.05, 3.63) is 59.4 Å². The van der Waals surface area contributed by atoms with E-state index in [-0.39, 0.29) is 11.8 Å². The van der Waals surface area contributed by atoms with E-state index in [1.165, 1.54) is 6.40 Å². The molecule has 1 aliphatic heterocycles. The van der Waals surface area contributed by atoms with Crippen molar-refractivity contribution in [3.63, 3.8) is 0 Å². The van der Waals surface area contributed by atoms with Crippen LogP contribution in [0.5, 0.6) is 5.75 Å². The van der Waals surface area contributed by atoms with Crippen molar-refractivity contribution in [2.24, 2.45) is 5.16 Å². The number of rotatable bonds is 5. The molecule has 0 fully saturated rings. The Balaban J connectivity index is 0.000000523. The minimum absolute atomic E-state index is 0.00472. The molecule has 7 heteroatoms. The van der Waals surface area contributed by atoms with Crippen molar-refractivity contribution in [1.29, 1.82) is 0 Å². The summed E-state index contributed by atoms with van der Waals surface area (Å²) in [6.07, 6.45) is 2.92. The molecule has 0 amide bonds. The van der Waals surface area contributed by atoms with Gasteiger partial charge in [0.15, 0.2) is 10.9 Å². The number of benzene rings is 1. The number of aliphatic carboxylic acids is 1. The van der Waals surface area contributed by atoms with Gasteiger partial charge < -0.3 is 14.7 Å². The van der Waals surface area contributed by atoms with Crippen LogP contribution in [0.3, 0.4) is 0 Å². The molecule has 114 valence electrons. The Hall–Kier alpha value is -2.60. The molecule has 0 aliphatic carbocycles. The lowest BCUT2D eigenvalue weighted by atomic mass is 10.0. The van der Waals surface area contributed by atoms with Crippen molar-refractivity contribution in [2.75, 3.05) is 6.61 Å². The average Bonchev–Trinajstić information content (AvgIpc) is 3.39. The largest absolute Gasteiger partial charge is 0.489 e. The zero-order valence-corrected chi connectivity index (χ0v) is 12.2. The Labute approximate surface area is 132 Å². The number of nitrogens with zero attached hydrogens (tertiary/aromatic N) is 2. The summed E-state index contributed by atoms with van der Waals surface area (Å²) in [5.41, 5.74) is 0.690. The Morgan fingerprint density at radius 2 is 1.95 bits per heavy atom. The molecule has 1 aliphatic rings. The number of halogens is 1. The molecule has 2 aromatic rings. The van der Waals surface area contributed by atoms with Gasteiger partial charge in [-0.1, -0.05) is 41.9 Å². The fourth-order valence-corrected chi connectivity index (χ4v) is 1.82. The highest BCUT2D eigenvalue weighted by molar-refractivity contribution is 6.30. The SMILES string of the molecule is C1=NO1.O=C(O)C(COc1cccnc1Cl)c1ccccc1. The number of hydrogen-bond acceptors (Lipinski definition) is 5. The van der Waals surface area contributed by atoms with Crippen LogP contribution in [0.25, 0.3) is 0 Å². The first-order valence-corrected chi connectivity index (χ1v) is 6.75. The van der Waals surface area contributed by atoms with Crippen LogP contribution >= 0.6 is 11.6 Å².